The van der Waals surface area contributed by atoms with Crippen LogP contribution in [0.25, 0.3) is 11.0 Å². The summed E-state index contributed by atoms with van der Waals surface area (Å²) >= 11 is 0. The van der Waals surface area contributed by atoms with Crippen molar-refractivity contribution in [2.45, 2.75) is 32.7 Å². The lowest BCUT2D eigenvalue weighted by Gasteiger charge is -2.31. The molecule has 1 aromatic carbocycles. The van der Waals surface area contributed by atoms with Gasteiger partial charge in [-0.15, -0.1) is 0 Å². The lowest BCUT2D eigenvalue weighted by Crippen LogP contribution is -2.48. The average Bonchev–Trinajstić information content (AvgIpc) is 3.06. The van der Waals surface area contributed by atoms with E-state index in [4.69, 9.17) is 9.15 Å². The van der Waals surface area contributed by atoms with E-state index in [2.05, 4.69) is 4.72 Å². The van der Waals surface area contributed by atoms with Crippen molar-refractivity contribution in [3.05, 3.63) is 36.1 Å². The van der Waals surface area contributed by atoms with E-state index in [0.717, 1.165) is 5.39 Å². The molecule has 0 saturated carbocycles. The lowest BCUT2D eigenvalue weighted by molar-refractivity contribution is -0.149. The molecule has 8 heteroatoms. The molecule has 0 radical (unpaired) electrons. The van der Waals surface area contributed by atoms with Crippen molar-refractivity contribution < 1.29 is 22.4 Å². The predicted molar refractivity (Wildman–Crippen MR) is 97.6 cm³/mol. The van der Waals surface area contributed by atoms with E-state index in [1.807, 2.05) is 30.3 Å². The molecule has 1 saturated heterocycles. The molecular formula is C18H24N2O5S. The Hall–Kier alpha value is -1.90. The molecule has 0 bridgehead atoms. The van der Waals surface area contributed by atoms with Crippen molar-refractivity contribution in [2.75, 3.05) is 19.7 Å². The summed E-state index contributed by atoms with van der Waals surface area (Å²) in [6.45, 7) is 4.30. The number of fused-ring (bicyclic) bond motifs is 1. The molecule has 2 heterocycles. The zero-order valence-electron chi connectivity index (χ0n) is 15.0. The summed E-state index contributed by atoms with van der Waals surface area (Å²) in [6, 6.07) is 8.84. The number of esters is 1. The number of rotatable bonds is 6. The number of carbonyl (C=O) groups excluding carboxylic acids is 1. The fourth-order valence-corrected chi connectivity index (χ4v) is 4.64. The van der Waals surface area contributed by atoms with Crippen molar-refractivity contribution in [2.24, 2.45) is 5.92 Å². The highest BCUT2D eigenvalue weighted by Gasteiger charge is 2.34. The first-order valence-corrected chi connectivity index (χ1v) is 10.3. The van der Waals surface area contributed by atoms with Gasteiger partial charge < -0.3 is 9.15 Å². The van der Waals surface area contributed by atoms with Gasteiger partial charge in [0.1, 0.15) is 11.3 Å². The number of ether oxygens (including phenoxy) is 1. The second-order valence-electron chi connectivity index (χ2n) is 6.48. The van der Waals surface area contributed by atoms with Gasteiger partial charge >= 0.3 is 5.97 Å². The summed E-state index contributed by atoms with van der Waals surface area (Å²) in [5.74, 6) is -0.201. The van der Waals surface area contributed by atoms with Crippen molar-refractivity contribution in [1.82, 2.24) is 9.03 Å². The number of piperidine rings is 1. The van der Waals surface area contributed by atoms with Crippen molar-refractivity contribution in [3.8, 4) is 0 Å². The number of benzene rings is 1. The summed E-state index contributed by atoms with van der Waals surface area (Å²) < 4.78 is 40.2. The molecule has 7 nitrogen and oxygen atoms in total. The third-order valence-corrected chi connectivity index (χ3v) is 6.20. The van der Waals surface area contributed by atoms with Crippen LogP contribution >= 0.6 is 0 Å². The van der Waals surface area contributed by atoms with E-state index in [0.29, 0.717) is 37.3 Å². The standard InChI is InChI=1S/C18H24N2O5S/c1-3-24-18(21)15-8-6-10-20(12-15)26(22,23)19-13(2)17-11-14-7-4-5-9-16(14)25-17/h4-5,7,9,11,13,15,19H,3,6,8,10,12H2,1-2H3/t13-,15-/m0/s1. The monoisotopic (exact) mass is 380 g/mol. The molecule has 1 aliphatic heterocycles. The van der Waals surface area contributed by atoms with Crippen LogP contribution in [-0.4, -0.2) is 38.4 Å². The van der Waals surface area contributed by atoms with Gasteiger partial charge in [0.15, 0.2) is 0 Å². The van der Waals surface area contributed by atoms with Crippen molar-refractivity contribution >= 4 is 27.1 Å². The Labute approximate surface area is 153 Å². The van der Waals surface area contributed by atoms with Gasteiger partial charge in [-0.25, -0.2) is 0 Å². The van der Waals surface area contributed by atoms with Crippen LogP contribution in [-0.2, 0) is 19.7 Å². The third-order valence-electron chi connectivity index (χ3n) is 4.54. The highest BCUT2D eigenvalue weighted by atomic mass is 32.2. The van der Waals surface area contributed by atoms with Crippen LogP contribution in [0, 0.1) is 5.92 Å². The number of nitrogens with zero attached hydrogens (tertiary/aromatic N) is 1. The molecule has 1 N–H and O–H groups in total. The number of carbonyl (C=O) groups is 1. The number of para-hydroxylation sites is 1. The van der Waals surface area contributed by atoms with Gasteiger partial charge in [0.25, 0.3) is 10.2 Å². The van der Waals surface area contributed by atoms with Crippen molar-refractivity contribution in [1.29, 1.82) is 0 Å². The highest BCUT2D eigenvalue weighted by Crippen LogP contribution is 2.25. The first-order chi connectivity index (χ1) is 12.4. The van der Waals surface area contributed by atoms with Crippen LogP contribution in [0.3, 0.4) is 0 Å². The molecule has 142 valence electrons. The number of hydrogen-bond donors (Lipinski definition) is 1. The largest absolute Gasteiger partial charge is 0.466 e. The molecule has 0 unspecified atom stereocenters. The summed E-state index contributed by atoms with van der Waals surface area (Å²) in [4.78, 5) is 11.9. The first kappa shape index (κ1) is 18.9. The third kappa shape index (κ3) is 4.08. The maximum atomic E-state index is 12.7. The molecule has 0 aliphatic carbocycles. The Balaban J connectivity index is 1.70. The molecular weight excluding hydrogens is 356 g/mol. The van der Waals surface area contributed by atoms with E-state index >= 15 is 0 Å². The Bertz CT molecular complexity index is 844. The van der Waals surface area contributed by atoms with Crippen LogP contribution in [0.4, 0.5) is 0 Å². The summed E-state index contributed by atoms with van der Waals surface area (Å²) in [7, 11) is -3.73. The summed E-state index contributed by atoms with van der Waals surface area (Å²) in [5.41, 5.74) is 0.717. The smallest absolute Gasteiger partial charge is 0.310 e. The van der Waals surface area contributed by atoms with E-state index in [9.17, 15) is 13.2 Å². The van der Waals surface area contributed by atoms with Gasteiger partial charge in [-0.2, -0.15) is 17.4 Å². The molecule has 1 fully saturated rings. The van der Waals surface area contributed by atoms with Gasteiger partial charge in [-0.05, 0) is 38.8 Å². The Morgan fingerprint density at radius 1 is 1.42 bits per heavy atom. The van der Waals surface area contributed by atoms with E-state index in [1.165, 1.54) is 4.31 Å². The van der Waals surface area contributed by atoms with Crippen LogP contribution in [0.15, 0.2) is 34.7 Å². The Kier molecular flexibility index (Phi) is 5.64. The van der Waals surface area contributed by atoms with Gasteiger partial charge in [0, 0.05) is 18.5 Å². The first-order valence-electron chi connectivity index (χ1n) is 8.83. The fourth-order valence-electron chi connectivity index (χ4n) is 3.19. The summed E-state index contributed by atoms with van der Waals surface area (Å²) in [5, 5.41) is 0.925. The molecule has 2 atom stereocenters. The van der Waals surface area contributed by atoms with E-state index in [-0.39, 0.29) is 12.5 Å². The second kappa shape index (κ2) is 7.77. The maximum Gasteiger partial charge on any atom is 0.310 e. The number of nitrogens with one attached hydrogen (secondary N) is 1. The molecule has 26 heavy (non-hydrogen) atoms. The average molecular weight is 380 g/mol. The Morgan fingerprint density at radius 2 is 2.19 bits per heavy atom. The summed E-state index contributed by atoms with van der Waals surface area (Å²) in [6.07, 6.45) is 1.27. The molecule has 0 spiro atoms. The molecule has 2 aromatic rings. The maximum absolute atomic E-state index is 12.7. The molecule has 0 amide bonds. The van der Waals surface area contributed by atoms with E-state index < -0.39 is 22.2 Å². The van der Waals surface area contributed by atoms with Crippen LogP contribution in [0.5, 0.6) is 0 Å². The van der Waals surface area contributed by atoms with Gasteiger partial charge in [0.05, 0.1) is 18.6 Å². The van der Waals surface area contributed by atoms with E-state index in [1.54, 1.807) is 13.8 Å². The minimum Gasteiger partial charge on any atom is -0.466 e. The minimum absolute atomic E-state index is 0.140. The van der Waals surface area contributed by atoms with Crippen LogP contribution in [0.2, 0.25) is 0 Å². The molecule has 3 rings (SSSR count). The minimum atomic E-state index is -3.73. The van der Waals surface area contributed by atoms with Gasteiger partial charge in [-0.1, -0.05) is 18.2 Å². The van der Waals surface area contributed by atoms with Gasteiger partial charge in [-0.3, -0.25) is 4.79 Å². The zero-order valence-corrected chi connectivity index (χ0v) is 15.8. The Morgan fingerprint density at radius 3 is 2.92 bits per heavy atom. The van der Waals surface area contributed by atoms with Crippen LogP contribution < -0.4 is 4.72 Å². The fraction of sp³-hybridized carbons (Fsp3) is 0.500. The second-order valence-corrected chi connectivity index (χ2v) is 8.18. The quantitative estimate of drug-likeness (QED) is 0.778. The highest BCUT2D eigenvalue weighted by molar-refractivity contribution is 7.87. The normalized spacial score (nSPS) is 20.2. The lowest BCUT2D eigenvalue weighted by atomic mass is 10.0. The molecule has 1 aromatic heterocycles. The van der Waals surface area contributed by atoms with Crippen LogP contribution in [0.1, 0.15) is 38.5 Å². The topological polar surface area (TPSA) is 88.8 Å². The predicted octanol–water partition coefficient (Wildman–Crippen LogP) is 2.60. The number of furan rings is 1. The number of hydrogen-bond acceptors (Lipinski definition) is 5. The van der Waals surface area contributed by atoms with Gasteiger partial charge in [0.2, 0.25) is 0 Å². The SMILES string of the molecule is CCOC(=O)[C@H]1CCCN(S(=O)(=O)N[C@@H](C)c2cc3ccccc3o2)C1. The zero-order chi connectivity index (χ0) is 18.7. The van der Waals surface area contributed by atoms with Crippen molar-refractivity contribution in [3.63, 3.8) is 0 Å². The molecule has 1 aliphatic rings.